The van der Waals surface area contributed by atoms with Crippen LogP contribution in [0.3, 0.4) is 0 Å². The summed E-state index contributed by atoms with van der Waals surface area (Å²) >= 11 is 0. The predicted octanol–water partition coefficient (Wildman–Crippen LogP) is 3.54. The molecule has 2 N–H and O–H groups in total. The number of hydrogen-bond donors (Lipinski definition) is 2. The highest BCUT2D eigenvalue weighted by Gasteiger charge is 2.12. The Kier molecular flexibility index (Phi) is 4.47. The SMILES string of the molecule is Cc1ccc(NC(=O)Nc2cnc(-n3c(C)nc(C)c3C)nc2)cc1. The van der Waals surface area contributed by atoms with Crippen LogP contribution >= 0.6 is 0 Å². The number of amides is 2. The third-order valence-electron chi connectivity index (χ3n) is 3.92. The van der Waals surface area contributed by atoms with Gasteiger partial charge in [-0.25, -0.2) is 19.7 Å². The van der Waals surface area contributed by atoms with Crippen molar-refractivity contribution in [1.29, 1.82) is 0 Å². The summed E-state index contributed by atoms with van der Waals surface area (Å²) in [6.45, 7) is 7.82. The second kappa shape index (κ2) is 6.72. The van der Waals surface area contributed by atoms with E-state index in [1.54, 1.807) is 12.4 Å². The minimum Gasteiger partial charge on any atom is -0.308 e. The second-order valence-electron chi connectivity index (χ2n) is 5.88. The number of imidazole rings is 1. The Morgan fingerprint density at radius 1 is 0.920 bits per heavy atom. The van der Waals surface area contributed by atoms with E-state index >= 15 is 0 Å². The Morgan fingerprint density at radius 3 is 2.08 bits per heavy atom. The second-order valence-corrected chi connectivity index (χ2v) is 5.88. The molecule has 3 rings (SSSR count). The van der Waals surface area contributed by atoms with Crippen LogP contribution in [0.15, 0.2) is 36.7 Å². The van der Waals surface area contributed by atoms with Crippen LogP contribution in [0.25, 0.3) is 5.95 Å². The molecule has 2 aromatic heterocycles. The number of aromatic nitrogens is 4. The fraction of sp³-hybridized carbons (Fsp3) is 0.222. The first-order valence-electron chi connectivity index (χ1n) is 7.93. The monoisotopic (exact) mass is 336 g/mol. The lowest BCUT2D eigenvalue weighted by Gasteiger charge is -2.09. The van der Waals surface area contributed by atoms with E-state index < -0.39 is 0 Å². The van der Waals surface area contributed by atoms with Crippen molar-refractivity contribution in [3.05, 3.63) is 59.4 Å². The maximum absolute atomic E-state index is 12.0. The standard InChI is InChI=1S/C18H20N6O/c1-11-5-7-15(8-6-11)22-18(25)23-16-9-19-17(20-10-16)24-13(3)12(2)21-14(24)4/h5-10H,1-4H3,(H2,22,23,25). The Labute approximate surface area is 146 Å². The Hall–Kier alpha value is -3.22. The van der Waals surface area contributed by atoms with Gasteiger partial charge in [-0.3, -0.25) is 4.57 Å². The molecule has 0 saturated carbocycles. The highest BCUT2D eigenvalue weighted by molar-refractivity contribution is 5.99. The summed E-state index contributed by atoms with van der Waals surface area (Å²) in [7, 11) is 0. The average molecular weight is 336 g/mol. The molecular formula is C18H20N6O. The molecule has 0 unspecified atom stereocenters. The Morgan fingerprint density at radius 2 is 1.52 bits per heavy atom. The van der Waals surface area contributed by atoms with E-state index in [0.717, 1.165) is 28.5 Å². The van der Waals surface area contributed by atoms with Crippen molar-refractivity contribution >= 4 is 17.4 Å². The van der Waals surface area contributed by atoms with Gasteiger partial charge in [-0.15, -0.1) is 0 Å². The van der Waals surface area contributed by atoms with Gasteiger partial charge in [-0.1, -0.05) is 17.7 Å². The van der Waals surface area contributed by atoms with Crippen LogP contribution in [0.5, 0.6) is 0 Å². The quantitative estimate of drug-likeness (QED) is 0.766. The summed E-state index contributed by atoms with van der Waals surface area (Å²) in [6.07, 6.45) is 3.15. The van der Waals surface area contributed by atoms with Crippen molar-refractivity contribution in [1.82, 2.24) is 19.5 Å². The molecule has 0 bridgehead atoms. The average Bonchev–Trinajstić information content (AvgIpc) is 2.83. The summed E-state index contributed by atoms with van der Waals surface area (Å²) in [5, 5.41) is 5.48. The molecular weight excluding hydrogens is 316 g/mol. The van der Waals surface area contributed by atoms with Crippen molar-refractivity contribution in [2.45, 2.75) is 27.7 Å². The first-order chi connectivity index (χ1) is 11.9. The zero-order chi connectivity index (χ0) is 18.0. The van der Waals surface area contributed by atoms with Crippen LogP contribution in [0.2, 0.25) is 0 Å². The van der Waals surface area contributed by atoms with Gasteiger partial charge in [0.05, 0.1) is 23.8 Å². The predicted molar refractivity (Wildman–Crippen MR) is 97.2 cm³/mol. The summed E-state index contributed by atoms with van der Waals surface area (Å²) in [5.41, 5.74) is 4.31. The van der Waals surface area contributed by atoms with Crippen LogP contribution in [0, 0.1) is 27.7 Å². The summed E-state index contributed by atoms with van der Waals surface area (Å²) < 4.78 is 1.88. The zero-order valence-corrected chi connectivity index (χ0v) is 14.7. The zero-order valence-electron chi connectivity index (χ0n) is 14.7. The Balaban J connectivity index is 1.70. The third kappa shape index (κ3) is 3.65. The minimum absolute atomic E-state index is 0.342. The van der Waals surface area contributed by atoms with Crippen LogP contribution in [-0.2, 0) is 0 Å². The van der Waals surface area contributed by atoms with E-state index in [-0.39, 0.29) is 6.03 Å². The number of urea groups is 1. The van der Waals surface area contributed by atoms with Gasteiger partial charge >= 0.3 is 6.03 Å². The fourth-order valence-corrected chi connectivity index (χ4v) is 2.50. The normalized spacial score (nSPS) is 10.6. The third-order valence-corrected chi connectivity index (χ3v) is 3.92. The molecule has 0 radical (unpaired) electrons. The molecule has 0 aliphatic heterocycles. The largest absolute Gasteiger partial charge is 0.323 e. The number of rotatable bonds is 3. The van der Waals surface area contributed by atoms with Crippen molar-refractivity contribution < 1.29 is 4.79 Å². The lowest BCUT2D eigenvalue weighted by Crippen LogP contribution is -2.19. The highest BCUT2D eigenvalue weighted by Crippen LogP contribution is 2.15. The molecule has 25 heavy (non-hydrogen) atoms. The van der Waals surface area contributed by atoms with E-state index in [4.69, 9.17) is 0 Å². The molecule has 7 heteroatoms. The van der Waals surface area contributed by atoms with Gasteiger partial charge in [0.25, 0.3) is 0 Å². The minimum atomic E-state index is -0.342. The number of carbonyl (C=O) groups excluding carboxylic acids is 1. The highest BCUT2D eigenvalue weighted by atomic mass is 16.2. The smallest absolute Gasteiger partial charge is 0.308 e. The molecule has 0 aliphatic carbocycles. The topological polar surface area (TPSA) is 84.7 Å². The van der Waals surface area contributed by atoms with Crippen molar-refractivity contribution in [2.24, 2.45) is 0 Å². The molecule has 0 aliphatic rings. The van der Waals surface area contributed by atoms with E-state index in [9.17, 15) is 4.79 Å². The van der Waals surface area contributed by atoms with E-state index in [2.05, 4.69) is 25.6 Å². The number of nitrogens with zero attached hydrogens (tertiary/aromatic N) is 4. The molecule has 0 saturated heterocycles. The molecule has 2 amide bonds. The van der Waals surface area contributed by atoms with E-state index in [1.807, 2.05) is 56.5 Å². The summed E-state index contributed by atoms with van der Waals surface area (Å²) in [4.78, 5) is 25.1. The number of carbonyl (C=O) groups is 1. The fourth-order valence-electron chi connectivity index (χ4n) is 2.50. The van der Waals surface area contributed by atoms with Crippen LogP contribution in [-0.4, -0.2) is 25.6 Å². The number of aryl methyl sites for hydroxylation is 3. The maximum atomic E-state index is 12.0. The molecule has 2 heterocycles. The number of benzene rings is 1. The Bertz CT molecular complexity index is 897. The van der Waals surface area contributed by atoms with Crippen molar-refractivity contribution in [2.75, 3.05) is 10.6 Å². The van der Waals surface area contributed by atoms with Crippen molar-refractivity contribution in [3.8, 4) is 5.95 Å². The van der Waals surface area contributed by atoms with Crippen LogP contribution < -0.4 is 10.6 Å². The summed E-state index contributed by atoms with van der Waals surface area (Å²) in [5.74, 6) is 1.35. The van der Waals surface area contributed by atoms with E-state index in [1.165, 1.54) is 0 Å². The van der Waals surface area contributed by atoms with Gasteiger partial charge in [0.2, 0.25) is 5.95 Å². The molecule has 128 valence electrons. The molecule has 0 spiro atoms. The number of hydrogen-bond acceptors (Lipinski definition) is 4. The van der Waals surface area contributed by atoms with Gasteiger partial charge in [0, 0.05) is 11.4 Å². The molecule has 7 nitrogen and oxygen atoms in total. The maximum Gasteiger partial charge on any atom is 0.323 e. The summed E-state index contributed by atoms with van der Waals surface area (Å²) in [6, 6.07) is 7.23. The first kappa shape index (κ1) is 16.6. The van der Waals surface area contributed by atoms with Gasteiger partial charge in [-0.2, -0.15) is 0 Å². The van der Waals surface area contributed by atoms with Gasteiger partial charge in [-0.05, 0) is 39.8 Å². The first-order valence-corrected chi connectivity index (χ1v) is 7.93. The van der Waals surface area contributed by atoms with Gasteiger partial charge in [0.15, 0.2) is 0 Å². The lowest BCUT2D eigenvalue weighted by atomic mass is 10.2. The molecule has 0 fully saturated rings. The lowest BCUT2D eigenvalue weighted by molar-refractivity contribution is 0.262. The van der Waals surface area contributed by atoms with Crippen molar-refractivity contribution in [3.63, 3.8) is 0 Å². The molecule has 0 atom stereocenters. The van der Waals surface area contributed by atoms with Gasteiger partial charge < -0.3 is 10.6 Å². The number of anilines is 2. The van der Waals surface area contributed by atoms with E-state index in [0.29, 0.717) is 11.6 Å². The van der Waals surface area contributed by atoms with Gasteiger partial charge in [0.1, 0.15) is 5.82 Å². The molecule has 3 aromatic rings. The van der Waals surface area contributed by atoms with Crippen LogP contribution in [0.4, 0.5) is 16.2 Å². The molecule has 1 aromatic carbocycles. The number of nitrogens with one attached hydrogen (secondary N) is 2. The van der Waals surface area contributed by atoms with Crippen LogP contribution in [0.1, 0.15) is 22.8 Å².